The van der Waals surface area contributed by atoms with E-state index in [1.54, 1.807) is 35.4 Å². The zero-order valence-electron chi connectivity index (χ0n) is 7.22. The molecule has 0 unspecified atom stereocenters. The largest absolute Gasteiger partial charge is 0.306 e. The smallest absolute Gasteiger partial charge is 0.254 e. The molecular weight excluding hydrogens is 200 g/mol. The van der Waals surface area contributed by atoms with E-state index >= 15 is 0 Å². The highest BCUT2D eigenvalue weighted by Gasteiger charge is 2.08. The van der Waals surface area contributed by atoms with Gasteiger partial charge in [-0.3, -0.25) is 4.79 Å². The number of carbonyl (C=O) groups is 1. The van der Waals surface area contributed by atoms with Crippen LogP contribution in [-0.4, -0.2) is 14.8 Å². The van der Waals surface area contributed by atoms with Crippen LogP contribution in [0.1, 0.15) is 10.4 Å². The van der Waals surface area contributed by atoms with Crippen LogP contribution in [0.5, 0.6) is 0 Å². The monoisotopic (exact) mass is 206 g/mol. The van der Waals surface area contributed by atoms with Crippen LogP contribution in [0.25, 0.3) is 5.69 Å². The Balaban J connectivity index is 2.58. The van der Waals surface area contributed by atoms with E-state index in [0.29, 0.717) is 5.56 Å². The Morgan fingerprint density at radius 2 is 2.14 bits per heavy atom. The molecule has 1 aromatic carbocycles. The van der Waals surface area contributed by atoms with Gasteiger partial charge in [-0.25, -0.2) is 4.98 Å². The minimum absolute atomic E-state index is 0.464. The molecule has 70 valence electrons. The zero-order valence-corrected chi connectivity index (χ0v) is 7.98. The number of benzene rings is 1. The third-order valence-corrected chi connectivity index (χ3v) is 2.10. The van der Waals surface area contributed by atoms with Crippen molar-refractivity contribution in [1.82, 2.24) is 9.55 Å². The number of para-hydroxylation sites is 1. The van der Waals surface area contributed by atoms with Crippen molar-refractivity contribution in [2.75, 3.05) is 0 Å². The Hall–Kier alpha value is -1.61. The molecule has 0 aliphatic carbocycles. The number of hydrogen-bond acceptors (Lipinski definition) is 2. The standard InChI is InChI=1S/C10H7ClN2O/c11-10(14)8-3-1-2-4-9(8)13-6-5-12-7-13/h1-7H. The molecule has 0 atom stereocenters. The van der Waals surface area contributed by atoms with Gasteiger partial charge in [0, 0.05) is 12.4 Å². The maximum Gasteiger partial charge on any atom is 0.254 e. The predicted molar refractivity (Wildman–Crippen MR) is 53.7 cm³/mol. The molecule has 0 bridgehead atoms. The predicted octanol–water partition coefficient (Wildman–Crippen LogP) is 2.25. The fourth-order valence-electron chi connectivity index (χ4n) is 1.27. The average Bonchev–Trinajstić information content (AvgIpc) is 2.70. The number of imidazole rings is 1. The molecular formula is C10H7ClN2O. The van der Waals surface area contributed by atoms with Gasteiger partial charge in [0.2, 0.25) is 0 Å². The van der Waals surface area contributed by atoms with Gasteiger partial charge in [0.25, 0.3) is 5.24 Å². The molecule has 1 aromatic heterocycles. The lowest BCUT2D eigenvalue weighted by Gasteiger charge is -2.05. The number of rotatable bonds is 2. The molecule has 1 heterocycles. The molecule has 3 nitrogen and oxygen atoms in total. The van der Waals surface area contributed by atoms with Crippen LogP contribution in [0.2, 0.25) is 0 Å². The molecule has 2 aromatic rings. The third kappa shape index (κ3) is 1.54. The van der Waals surface area contributed by atoms with Crippen molar-refractivity contribution in [2.45, 2.75) is 0 Å². The number of aromatic nitrogens is 2. The fraction of sp³-hybridized carbons (Fsp3) is 0. The van der Waals surface area contributed by atoms with Gasteiger partial charge in [-0.2, -0.15) is 0 Å². The van der Waals surface area contributed by atoms with Crippen molar-refractivity contribution in [3.63, 3.8) is 0 Å². The summed E-state index contributed by atoms with van der Waals surface area (Å²) in [4.78, 5) is 15.0. The van der Waals surface area contributed by atoms with E-state index in [-0.39, 0.29) is 0 Å². The lowest BCUT2D eigenvalue weighted by molar-refractivity contribution is 0.108. The summed E-state index contributed by atoms with van der Waals surface area (Å²) in [7, 11) is 0. The minimum atomic E-state index is -0.464. The highest BCUT2D eigenvalue weighted by molar-refractivity contribution is 6.68. The lowest BCUT2D eigenvalue weighted by atomic mass is 10.2. The van der Waals surface area contributed by atoms with Crippen LogP contribution in [0, 0.1) is 0 Å². The SMILES string of the molecule is O=C(Cl)c1ccccc1-n1ccnc1. The Labute approximate surface area is 86.0 Å². The van der Waals surface area contributed by atoms with Gasteiger partial charge in [-0.1, -0.05) is 12.1 Å². The molecule has 0 radical (unpaired) electrons. The number of carbonyl (C=O) groups excluding carboxylic acids is 1. The maximum absolute atomic E-state index is 11.1. The molecule has 4 heteroatoms. The second-order valence-corrected chi connectivity index (χ2v) is 3.10. The van der Waals surface area contributed by atoms with Crippen LogP contribution in [-0.2, 0) is 0 Å². The molecule has 0 amide bonds. The molecule has 0 fully saturated rings. The molecule has 14 heavy (non-hydrogen) atoms. The molecule has 0 aliphatic rings. The summed E-state index contributed by atoms with van der Waals surface area (Å²) in [5.74, 6) is 0. The number of nitrogens with zero attached hydrogens (tertiary/aromatic N) is 2. The van der Waals surface area contributed by atoms with Crippen LogP contribution in [0.4, 0.5) is 0 Å². The van der Waals surface area contributed by atoms with Gasteiger partial charge in [0.05, 0.1) is 17.6 Å². The Morgan fingerprint density at radius 1 is 1.36 bits per heavy atom. The summed E-state index contributed by atoms with van der Waals surface area (Å²) in [5.41, 5.74) is 1.22. The molecule has 0 saturated heterocycles. The molecule has 2 rings (SSSR count). The van der Waals surface area contributed by atoms with E-state index in [1.807, 2.05) is 12.1 Å². The van der Waals surface area contributed by atoms with E-state index in [9.17, 15) is 4.79 Å². The zero-order chi connectivity index (χ0) is 9.97. The normalized spacial score (nSPS) is 10.1. The number of halogens is 1. The van der Waals surface area contributed by atoms with E-state index in [2.05, 4.69) is 4.98 Å². The van der Waals surface area contributed by atoms with E-state index < -0.39 is 5.24 Å². The first-order valence-corrected chi connectivity index (χ1v) is 4.44. The van der Waals surface area contributed by atoms with Crippen LogP contribution in [0.3, 0.4) is 0 Å². The van der Waals surface area contributed by atoms with Gasteiger partial charge >= 0.3 is 0 Å². The first-order chi connectivity index (χ1) is 6.79. The van der Waals surface area contributed by atoms with Gasteiger partial charge < -0.3 is 4.57 Å². The number of hydrogen-bond donors (Lipinski definition) is 0. The average molecular weight is 207 g/mol. The van der Waals surface area contributed by atoms with Crippen molar-refractivity contribution >= 4 is 16.8 Å². The molecule has 0 aliphatic heterocycles. The summed E-state index contributed by atoms with van der Waals surface area (Å²) >= 11 is 5.45. The first-order valence-electron chi connectivity index (χ1n) is 4.06. The minimum Gasteiger partial charge on any atom is -0.306 e. The summed E-state index contributed by atoms with van der Waals surface area (Å²) in [6, 6.07) is 7.12. The van der Waals surface area contributed by atoms with Crippen LogP contribution >= 0.6 is 11.6 Å². The van der Waals surface area contributed by atoms with Gasteiger partial charge in [0.1, 0.15) is 0 Å². The third-order valence-electron chi connectivity index (χ3n) is 1.90. The Morgan fingerprint density at radius 3 is 2.79 bits per heavy atom. The Kier molecular flexibility index (Phi) is 2.33. The van der Waals surface area contributed by atoms with Crippen molar-refractivity contribution in [1.29, 1.82) is 0 Å². The van der Waals surface area contributed by atoms with Crippen molar-refractivity contribution in [2.24, 2.45) is 0 Å². The maximum atomic E-state index is 11.1. The van der Waals surface area contributed by atoms with Crippen molar-refractivity contribution < 1.29 is 4.79 Å². The van der Waals surface area contributed by atoms with Crippen molar-refractivity contribution in [3.8, 4) is 5.69 Å². The summed E-state index contributed by atoms with van der Waals surface area (Å²) in [6.45, 7) is 0. The Bertz CT molecular complexity index is 451. The van der Waals surface area contributed by atoms with Crippen LogP contribution in [0.15, 0.2) is 43.0 Å². The lowest BCUT2D eigenvalue weighted by Crippen LogP contribution is -1.99. The summed E-state index contributed by atoms with van der Waals surface area (Å²) < 4.78 is 1.75. The summed E-state index contributed by atoms with van der Waals surface area (Å²) in [5, 5.41) is -0.464. The topological polar surface area (TPSA) is 34.9 Å². The van der Waals surface area contributed by atoms with E-state index in [0.717, 1.165) is 5.69 Å². The first kappa shape index (κ1) is 8.97. The quantitative estimate of drug-likeness (QED) is 0.707. The van der Waals surface area contributed by atoms with Gasteiger partial charge in [0.15, 0.2) is 0 Å². The van der Waals surface area contributed by atoms with Crippen molar-refractivity contribution in [3.05, 3.63) is 48.5 Å². The second-order valence-electron chi connectivity index (χ2n) is 2.76. The molecule has 0 N–H and O–H groups in total. The molecule has 0 spiro atoms. The highest BCUT2D eigenvalue weighted by atomic mass is 35.5. The summed E-state index contributed by atoms with van der Waals surface area (Å²) in [6.07, 6.45) is 5.03. The van der Waals surface area contributed by atoms with E-state index in [1.165, 1.54) is 0 Å². The van der Waals surface area contributed by atoms with E-state index in [4.69, 9.17) is 11.6 Å². The highest BCUT2D eigenvalue weighted by Crippen LogP contribution is 2.15. The molecule has 0 saturated carbocycles. The van der Waals surface area contributed by atoms with Gasteiger partial charge in [-0.05, 0) is 23.7 Å². The van der Waals surface area contributed by atoms with Gasteiger partial charge in [-0.15, -0.1) is 0 Å². The van der Waals surface area contributed by atoms with Crippen LogP contribution < -0.4 is 0 Å². The second kappa shape index (κ2) is 3.64. The fourth-order valence-corrected chi connectivity index (χ4v) is 1.43.